The zero-order valence-corrected chi connectivity index (χ0v) is 12.0. The second-order valence-corrected chi connectivity index (χ2v) is 5.28. The third kappa shape index (κ3) is 2.03. The Bertz CT molecular complexity index is 950. The highest BCUT2D eigenvalue weighted by Crippen LogP contribution is 2.31. The fourth-order valence-corrected chi connectivity index (χ4v) is 2.57. The highest BCUT2D eigenvalue weighted by molar-refractivity contribution is 5.95. The van der Waals surface area contributed by atoms with Gasteiger partial charge in [-0.15, -0.1) is 0 Å². The Morgan fingerprint density at radius 1 is 1.00 bits per heavy atom. The summed E-state index contributed by atoms with van der Waals surface area (Å²) < 4.78 is 0. The lowest BCUT2D eigenvalue weighted by Crippen LogP contribution is -1.84. The van der Waals surface area contributed by atoms with Crippen LogP contribution in [0, 0.1) is 6.92 Å². The molecule has 0 atom stereocenters. The summed E-state index contributed by atoms with van der Waals surface area (Å²) in [6, 6.07) is 9.21. The average Bonchev–Trinajstić information content (AvgIpc) is 3.14. The van der Waals surface area contributed by atoms with Gasteiger partial charge in [-0.1, -0.05) is 12.1 Å². The van der Waals surface area contributed by atoms with Crippen LogP contribution in [0.2, 0.25) is 0 Å². The maximum atomic E-state index is 9.43. The average molecular weight is 290 g/mol. The first-order valence-corrected chi connectivity index (χ1v) is 6.99. The number of phenols is 1. The van der Waals surface area contributed by atoms with Gasteiger partial charge >= 0.3 is 0 Å². The van der Waals surface area contributed by atoms with Crippen molar-refractivity contribution in [2.24, 2.45) is 0 Å². The number of aromatic hydroxyl groups is 1. The molecule has 0 bridgehead atoms. The third-order valence-corrected chi connectivity index (χ3v) is 3.69. The highest BCUT2D eigenvalue weighted by Gasteiger charge is 2.10. The van der Waals surface area contributed by atoms with Crippen molar-refractivity contribution in [2.75, 3.05) is 0 Å². The number of hydrogen-bond donors (Lipinski definition) is 3. The summed E-state index contributed by atoms with van der Waals surface area (Å²) in [4.78, 5) is 15.2. The molecule has 5 heteroatoms. The van der Waals surface area contributed by atoms with Gasteiger partial charge in [-0.3, -0.25) is 0 Å². The topological polar surface area (TPSA) is 77.6 Å². The number of H-pyrrole nitrogens is 2. The molecule has 5 nitrogen and oxygen atoms in total. The molecule has 0 saturated carbocycles. The van der Waals surface area contributed by atoms with Crippen LogP contribution in [0.3, 0.4) is 0 Å². The fraction of sp³-hybridized carbons (Fsp3) is 0.0588. The number of fused-ring (bicyclic) bond motifs is 1. The molecule has 4 rings (SSSR count). The molecule has 0 radical (unpaired) electrons. The van der Waals surface area contributed by atoms with Crippen LogP contribution >= 0.6 is 0 Å². The number of aromatic nitrogens is 4. The predicted molar refractivity (Wildman–Crippen MR) is 85.5 cm³/mol. The Kier molecular flexibility index (Phi) is 2.72. The van der Waals surface area contributed by atoms with Crippen molar-refractivity contribution >= 4 is 11.0 Å². The summed E-state index contributed by atoms with van der Waals surface area (Å²) in [6.45, 7) is 1.97. The minimum atomic E-state index is 0.258. The molecule has 3 N–H and O–H groups in total. The number of nitrogens with zero attached hydrogens (tertiary/aromatic N) is 2. The molecule has 0 aliphatic rings. The molecule has 22 heavy (non-hydrogen) atoms. The van der Waals surface area contributed by atoms with E-state index in [2.05, 4.69) is 26.0 Å². The van der Waals surface area contributed by atoms with E-state index in [-0.39, 0.29) is 5.75 Å². The monoisotopic (exact) mass is 290 g/mol. The number of aryl methyl sites for hydroxylation is 1. The number of aromatic amines is 2. The van der Waals surface area contributed by atoms with Crippen LogP contribution in [0.25, 0.3) is 33.5 Å². The van der Waals surface area contributed by atoms with Crippen molar-refractivity contribution in [3.05, 3.63) is 54.6 Å². The number of phenolic OH excluding ortho intramolecular Hbond substituents is 1. The molecule has 0 unspecified atom stereocenters. The van der Waals surface area contributed by atoms with E-state index in [4.69, 9.17) is 0 Å². The van der Waals surface area contributed by atoms with Gasteiger partial charge in [0.15, 0.2) is 0 Å². The van der Waals surface area contributed by atoms with Gasteiger partial charge in [0.05, 0.1) is 0 Å². The van der Waals surface area contributed by atoms with Crippen LogP contribution < -0.4 is 0 Å². The Balaban J connectivity index is 1.88. The number of hydrogen-bond acceptors (Lipinski definition) is 3. The molecule has 0 spiro atoms. The van der Waals surface area contributed by atoms with Crippen molar-refractivity contribution in [3.63, 3.8) is 0 Å². The molecule has 0 aliphatic carbocycles. The lowest BCUT2D eigenvalue weighted by molar-refractivity contribution is 0.475. The van der Waals surface area contributed by atoms with E-state index >= 15 is 0 Å². The van der Waals surface area contributed by atoms with Gasteiger partial charge in [-0.05, 0) is 30.7 Å². The van der Waals surface area contributed by atoms with E-state index in [0.29, 0.717) is 0 Å². The summed E-state index contributed by atoms with van der Waals surface area (Å²) in [5.41, 5.74) is 4.87. The zero-order valence-electron chi connectivity index (χ0n) is 12.0. The van der Waals surface area contributed by atoms with Crippen molar-refractivity contribution in [1.82, 2.24) is 19.9 Å². The van der Waals surface area contributed by atoms with E-state index in [9.17, 15) is 5.11 Å². The molecule has 0 fully saturated rings. The zero-order chi connectivity index (χ0) is 15.1. The number of benzene rings is 1. The second kappa shape index (κ2) is 4.73. The fourth-order valence-electron chi connectivity index (χ4n) is 2.57. The molecular formula is C17H14N4O. The molecule has 0 saturated heterocycles. The van der Waals surface area contributed by atoms with Gasteiger partial charge in [-0.25, -0.2) is 9.97 Å². The number of pyridine rings is 1. The Morgan fingerprint density at radius 3 is 2.55 bits per heavy atom. The first-order valence-electron chi connectivity index (χ1n) is 6.99. The van der Waals surface area contributed by atoms with Gasteiger partial charge < -0.3 is 15.1 Å². The lowest BCUT2D eigenvalue weighted by atomic mass is 10.0. The quantitative estimate of drug-likeness (QED) is 0.527. The Morgan fingerprint density at radius 2 is 1.82 bits per heavy atom. The molecule has 1 aromatic carbocycles. The molecule has 4 aromatic rings. The smallest absolute Gasteiger partial charge is 0.139 e. The van der Waals surface area contributed by atoms with E-state index in [1.54, 1.807) is 24.5 Å². The lowest BCUT2D eigenvalue weighted by Gasteiger charge is -2.02. The Labute approximate surface area is 126 Å². The SMILES string of the molecule is Cc1cnc(-c2cnc3[nH]cc(-c4ccc(O)cc4)c3c2)[nH]1. The largest absolute Gasteiger partial charge is 0.508 e. The minimum Gasteiger partial charge on any atom is -0.508 e. The maximum Gasteiger partial charge on any atom is 0.139 e. The maximum absolute atomic E-state index is 9.43. The Hall–Kier alpha value is -3.08. The molecule has 3 aromatic heterocycles. The van der Waals surface area contributed by atoms with Gasteiger partial charge in [0.1, 0.15) is 17.2 Å². The summed E-state index contributed by atoms with van der Waals surface area (Å²) in [6.07, 6.45) is 5.54. The van der Waals surface area contributed by atoms with Crippen LogP contribution in [0.15, 0.2) is 48.9 Å². The van der Waals surface area contributed by atoms with E-state index in [0.717, 1.165) is 39.2 Å². The van der Waals surface area contributed by atoms with Crippen LogP contribution in [-0.4, -0.2) is 25.0 Å². The van der Waals surface area contributed by atoms with E-state index in [1.807, 2.05) is 25.3 Å². The highest BCUT2D eigenvalue weighted by atomic mass is 16.3. The van der Waals surface area contributed by atoms with Crippen LogP contribution in [-0.2, 0) is 0 Å². The summed E-state index contributed by atoms with van der Waals surface area (Å²) in [5, 5.41) is 10.5. The van der Waals surface area contributed by atoms with Crippen molar-refractivity contribution in [1.29, 1.82) is 0 Å². The van der Waals surface area contributed by atoms with Crippen LogP contribution in [0.1, 0.15) is 5.69 Å². The summed E-state index contributed by atoms with van der Waals surface area (Å²) >= 11 is 0. The first kappa shape index (κ1) is 12.6. The van der Waals surface area contributed by atoms with Crippen molar-refractivity contribution in [2.45, 2.75) is 6.92 Å². The van der Waals surface area contributed by atoms with E-state index in [1.165, 1.54) is 0 Å². The van der Waals surface area contributed by atoms with Gasteiger partial charge in [0.2, 0.25) is 0 Å². The van der Waals surface area contributed by atoms with E-state index < -0.39 is 0 Å². The van der Waals surface area contributed by atoms with Gasteiger partial charge in [0, 0.05) is 40.8 Å². The normalized spacial score (nSPS) is 11.1. The first-order chi connectivity index (χ1) is 10.7. The van der Waals surface area contributed by atoms with Crippen molar-refractivity contribution < 1.29 is 5.11 Å². The third-order valence-electron chi connectivity index (χ3n) is 3.69. The standard InChI is InChI=1S/C17H14N4O/c1-10-7-18-16(21-10)12-6-14-15(9-20-17(14)19-8-12)11-2-4-13(22)5-3-11/h2-9,22H,1H3,(H,18,21)(H,19,20). The van der Waals surface area contributed by atoms with Crippen molar-refractivity contribution in [3.8, 4) is 28.3 Å². The molecule has 3 heterocycles. The van der Waals surface area contributed by atoms with Crippen LogP contribution in [0.4, 0.5) is 0 Å². The molecule has 0 amide bonds. The predicted octanol–water partition coefficient (Wildman–Crippen LogP) is 3.63. The molecule has 108 valence electrons. The van der Waals surface area contributed by atoms with Gasteiger partial charge in [0.25, 0.3) is 0 Å². The number of nitrogens with one attached hydrogen (secondary N) is 2. The summed E-state index contributed by atoms with van der Waals surface area (Å²) in [5.74, 6) is 1.07. The molecule has 0 aliphatic heterocycles. The number of rotatable bonds is 2. The molecular weight excluding hydrogens is 276 g/mol. The van der Waals surface area contributed by atoms with Gasteiger partial charge in [-0.2, -0.15) is 0 Å². The number of imidazole rings is 1. The summed E-state index contributed by atoms with van der Waals surface area (Å²) in [7, 11) is 0. The van der Waals surface area contributed by atoms with Crippen LogP contribution in [0.5, 0.6) is 5.75 Å². The minimum absolute atomic E-state index is 0.258. The second-order valence-electron chi connectivity index (χ2n) is 5.28.